The molecular weight excluding hydrogens is 220 g/mol. The summed E-state index contributed by atoms with van der Waals surface area (Å²) in [5.74, 6) is 2.39. The van der Waals surface area contributed by atoms with E-state index in [-0.39, 0.29) is 0 Å². The van der Waals surface area contributed by atoms with Gasteiger partial charge in [0, 0.05) is 12.1 Å². The zero-order valence-electron chi connectivity index (χ0n) is 11.3. The molecule has 98 valence electrons. The number of rotatable bonds is 4. The van der Waals surface area contributed by atoms with Gasteiger partial charge in [0.15, 0.2) is 0 Å². The summed E-state index contributed by atoms with van der Waals surface area (Å²) in [7, 11) is 0. The van der Waals surface area contributed by atoms with Gasteiger partial charge in [-0.3, -0.25) is 4.99 Å². The van der Waals surface area contributed by atoms with Crippen molar-refractivity contribution in [3.05, 3.63) is 35.9 Å². The lowest BCUT2D eigenvalue weighted by molar-refractivity contribution is 0.275. The Bertz CT molecular complexity index is 375. The quantitative estimate of drug-likeness (QED) is 0.637. The predicted octanol–water partition coefficient (Wildman–Crippen LogP) is 3.61. The van der Waals surface area contributed by atoms with Gasteiger partial charge in [-0.25, -0.2) is 0 Å². The van der Waals surface area contributed by atoms with Crippen molar-refractivity contribution in [1.29, 1.82) is 0 Å². The number of hydrogen-bond acceptors (Lipinski definition) is 1. The second kappa shape index (κ2) is 6.58. The highest BCUT2D eigenvalue weighted by atomic mass is 14.9. The van der Waals surface area contributed by atoms with Crippen molar-refractivity contribution < 1.29 is 0 Å². The van der Waals surface area contributed by atoms with Gasteiger partial charge in [0.2, 0.25) is 0 Å². The first-order valence-electron chi connectivity index (χ1n) is 7.15. The van der Waals surface area contributed by atoms with Gasteiger partial charge in [0.25, 0.3) is 0 Å². The molecule has 1 aromatic carbocycles. The van der Waals surface area contributed by atoms with E-state index in [1.54, 1.807) is 0 Å². The summed E-state index contributed by atoms with van der Waals surface area (Å²) in [5, 5.41) is 0. The zero-order chi connectivity index (χ0) is 12.8. The third-order valence-electron chi connectivity index (χ3n) is 4.13. The average Bonchev–Trinajstić information content (AvgIpc) is 2.46. The molecule has 0 amide bonds. The summed E-state index contributed by atoms with van der Waals surface area (Å²) in [6.07, 6.45) is 6.74. The van der Waals surface area contributed by atoms with E-state index in [1.807, 2.05) is 30.3 Å². The van der Waals surface area contributed by atoms with Crippen LogP contribution in [0.25, 0.3) is 0 Å². The normalized spacial score (nSPS) is 25.1. The standard InChI is InChI=1S/C16H24N2/c1-2-13-8-10-14(11-9-13)12-18-16(17)15-6-4-3-5-7-15/h3-7,13-14H,2,8-12H2,1H3,(H2,17,18). The predicted molar refractivity (Wildman–Crippen MR) is 77.8 cm³/mol. The van der Waals surface area contributed by atoms with Gasteiger partial charge in [-0.05, 0) is 24.7 Å². The highest BCUT2D eigenvalue weighted by Crippen LogP contribution is 2.30. The molecule has 1 saturated carbocycles. The summed E-state index contributed by atoms with van der Waals surface area (Å²) in [6, 6.07) is 10.1. The van der Waals surface area contributed by atoms with Crippen molar-refractivity contribution in [1.82, 2.24) is 0 Å². The molecular formula is C16H24N2. The summed E-state index contributed by atoms with van der Waals surface area (Å²) in [5.41, 5.74) is 7.06. The molecule has 0 atom stereocenters. The van der Waals surface area contributed by atoms with E-state index in [9.17, 15) is 0 Å². The number of amidine groups is 1. The molecule has 2 nitrogen and oxygen atoms in total. The van der Waals surface area contributed by atoms with Crippen LogP contribution in [-0.2, 0) is 0 Å². The number of nitrogens with zero attached hydrogens (tertiary/aromatic N) is 1. The van der Waals surface area contributed by atoms with Crippen molar-refractivity contribution in [3.63, 3.8) is 0 Å². The van der Waals surface area contributed by atoms with E-state index >= 15 is 0 Å². The lowest BCUT2D eigenvalue weighted by Crippen LogP contribution is -2.19. The molecule has 0 spiro atoms. The molecule has 1 aliphatic carbocycles. The molecule has 1 fully saturated rings. The van der Waals surface area contributed by atoms with E-state index in [0.29, 0.717) is 5.84 Å². The second-order valence-corrected chi connectivity index (χ2v) is 5.39. The SMILES string of the molecule is CCC1CCC(CN=C(N)c2ccccc2)CC1. The zero-order valence-corrected chi connectivity index (χ0v) is 11.3. The van der Waals surface area contributed by atoms with Crippen molar-refractivity contribution in [3.8, 4) is 0 Å². The largest absolute Gasteiger partial charge is 0.384 e. The topological polar surface area (TPSA) is 38.4 Å². The van der Waals surface area contributed by atoms with Crippen LogP contribution in [0.3, 0.4) is 0 Å². The molecule has 2 heteroatoms. The Morgan fingerprint density at radius 3 is 2.33 bits per heavy atom. The van der Waals surface area contributed by atoms with E-state index in [0.717, 1.165) is 23.9 Å². The fraction of sp³-hybridized carbons (Fsp3) is 0.562. The third-order valence-corrected chi connectivity index (χ3v) is 4.13. The van der Waals surface area contributed by atoms with Crippen LogP contribution in [0, 0.1) is 11.8 Å². The van der Waals surface area contributed by atoms with Crippen molar-refractivity contribution >= 4 is 5.84 Å². The summed E-state index contributed by atoms with van der Waals surface area (Å²) < 4.78 is 0. The van der Waals surface area contributed by atoms with Gasteiger partial charge in [0.05, 0.1) is 0 Å². The third kappa shape index (κ3) is 3.59. The highest BCUT2D eigenvalue weighted by Gasteiger charge is 2.19. The monoisotopic (exact) mass is 244 g/mol. The summed E-state index contributed by atoms with van der Waals surface area (Å²) >= 11 is 0. The Hall–Kier alpha value is -1.31. The summed E-state index contributed by atoms with van der Waals surface area (Å²) in [4.78, 5) is 4.56. The van der Waals surface area contributed by atoms with Crippen LogP contribution in [-0.4, -0.2) is 12.4 Å². The van der Waals surface area contributed by atoms with Gasteiger partial charge in [-0.1, -0.05) is 56.5 Å². The Morgan fingerprint density at radius 1 is 1.11 bits per heavy atom. The van der Waals surface area contributed by atoms with Crippen molar-refractivity contribution in [2.24, 2.45) is 22.6 Å². The number of hydrogen-bond donors (Lipinski definition) is 1. The van der Waals surface area contributed by atoms with E-state index in [2.05, 4.69) is 11.9 Å². The molecule has 1 aromatic rings. The second-order valence-electron chi connectivity index (χ2n) is 5.39. The van der Waals surface area contributed by atoms with Crippen LogP contribution in [0.15, 0.2) is 35.3 Å². The Morgan fingerprint density at radius 2 is 1.72 bits per heavy atom. The van der Waals surface area contributed by atoms with Gasteiger partial charge >= 0.3 is 0 Å². The number of nitrogens with two attached hydrogens (primary N) is 1. The molecule has 0 unspecified atom stereocenters. The minimum absolute atomic E-state index is 0.688. The lowest BCUT2D eigenvalue weighted by atomic mass is 9.81. The molecule has 0 bridgehead atoms. The van der Waals surface area contributed by atoms with Crippen molar-refractivity contribution in [2.75, 3.05) is 6.54 Å². The smallest absolute Gasteiger partial charge is 0.125 e. The lowest BCUT2D eigenvalue weighted by Gasteiger charge is -2.26. The first-order chi connectivity index (χ1) is 8.79. The molecule has 0 aromatic heterocycles. The first kappa shape index (κ1) is 13.1. The summed E-state index contributed by atoms with van der Waals surface area (Å²) in [6.45, 7) is 3.20. The average molecular weight is 244 g/mol. The van der Waals surface area contributed by atoms with Crippen LogP contribution in [0.4, 0.5) is 0 Å². The Labute approximate surface area is 110 Å². The molecule has 0 aliphatic heterocycles. The van der Waals surface area contributed by atoms with E-state index in [1.165, 1.54) is 32.1 Å². The Kier molecular flexibility index (Phi) is 4.80. The minimum Gasteiger partial charge on any atom is -0.384 e. The molecule has 2 rings (SSSR count). The molecule has 0 saturated heterocycles. The molecule has 0 radical (unpaired) electrons. The molecule has 2 N–H and O–H groups in total. The van der Waals surface area contributed by atoms with Crippen LogP contribution >= 0.6 is 0 Å². The maximum Gasteiger partial charge on any atom is 0.125 e. The van der Waals surface area contributed by atoms with Crippen molar-refractivity contribution in [2.45, 2.75) is 39.0 Å². The molecule has 1 aliphatic rings. The maximum absolute atomic E-state index is 6.02. The molecule has 0 heterocycles. The van der Waals surface area contributed by atoms with Crippen LogP contribution in [0.1, 0.15) is 44.6 Å². The Balaban J connectivity index is 1.84. The van der Waals surface area contributed by atoms with Gasteiger partial charge in [-0.2, -0.15) is 0 Å². The van der Waals surface area contributed by atoms with Gasteiger partial charge in [-0.15, -0.1) is 0 Å². The maximum atomic E-state index is 6.02. The number of benzene rings is 1. The van der Waals surface area contributed by atoms with Crippen LogP contribution in [0.2, 0.25) is 0 Å². The molecule has 18 heavy (non-hydrogen) atoms. The number of aliphatic imine (C=N–C) groups is 1. The van der Waals surface area contributed by atoms with Gasteiger partial charge in [0.1, 0.15) is 5.84 Å². The van der Waals surface area contributed by atoms with E-state index < -0.39 is 0 Å². The fourth-order valence-electron chi connectivity index (χ4n) is 2.75. The fourth-order valence-corrected chi connectivity index (χ4v) is 2.75. The highest BCUT2D eigenvalue weighted by molar-refractivity contribution is 5.97. The first-order valence-corrected chi connectivity index (χ1v) is 7.15. The van der Waals surface area contributed by atoms with Crippen LogP contribution < -0.4 is 5.73 Å². The van der Waals surface area contributed by atoms with Gasteiger partial charge < -0.3 is 5.73 Å². The van der Waals surface area contributed by atoms with E-state index in [4.69, 9.17) is 5.73 Å². The van der Waals surface area contributed by atoms with Crippen LogP contribution in [0.5, 0.6) is 0 Å². The minimum atomic E-state index is 0.688.